The quantitative estimate of drug-likeness (QED) is 0.860. The van der Waals surface area contributed by atoms with Crippen LogP contribution < -0.4 is 10.2 Å². The minimum atomic E-state index is -4.54. The molecule has 0 radical (unpaired) electrons. The number of carboxylic acid groups (broad SMARTS) is 1. The summed E-state index contributed by atoms with van der Waals surface area (Å²) in [6, 6.07) is 1.57. The van der Waals surface area contributed by atoms with E-state index in [1.54, 1.807) is 6.07 Å². The van der Waals surface area contributed by atoms with E-state index in [0.29, 0.717) is 17.6 Å². The van der Waals surface area contributed by atoms with E-state index >= 15 is 0 Å². The molecule has 2 fully saturated rings. The maximum atomic E-state index is 13.0. The predicted octanol–water partition coefficient (Wildman–Crippen LogP) is 2.00. The third-order valence-corrected chi connectivity index (χ3v) is 4.30. The molecule has 1 saturated heterocycles. The minimum absolute atomic E-state index is 0.210. The van der Waals surface area contributed by atoms with Gasteiger partial charge in [-0.05, 0) is 18.8 Å². The molecule has 3 rings (SSSR count). The number of carboxylic acids is 1. The zero-order chi connectivity index (χ0) is 16.6. The number of hydrogen-bond acceptors (Lipinski definition) is 5. The van der Waals surface area contributed by atoms with Crippen molar-refractivity contribution in [2.75, 3.05) is 29.9 Å². The number of nitrogens with zero attached hydrogens (tertiary/aromatic N) is 3. The maximum Gasteiger partial charge on any atom is 0.394 e. The van der Waals surface area contributed by atoms with E-state index < -0.39 is 30.5 Å². The number of hydrogen-bond donors (Lipinski definition) is 2. The topological polar surface area (TPSA) is 78.4 Å². The number of anilines is 2. The fraction of sp³-hybridized carbons (Fsp3) is 0.643. The van der Waals surface area contributed by atoms with Crippen LogP contribution in [0.1, 0.15) is 12.8 Å². The number of alkyl halides is 3. The fourth-order valence-corrected chi connectivity index (χ4v) is 2.76. The van der Waals surface area contributed by atoms with Gasteiger partial charge in [0, 0.05) is 25.7 Å². The Morgan fingerprint density at radius 3 is 2.65 bits per heavy atom. The SMILES string of the molecule is O=C(O)[C@@H]1CN(c2cc(NCC3CC3)ncn2)C[C@H]1C(F)(F)F. The first-order valence-electron chi connectivity index (χ1n) is 7.45. The van der Waals surface area contributed by atoms with Gasteiger partial charge in [0.2, 0.25) is 0 Å². The molecule has 1 aliphatic carbocycles. The van der Waals surface area contributed by atoms with E-state index in [4.69, 9.17) is 5.11 Å². The van der Waals surface area contributed by atoms with Crippen LogP contribution in [0.5, 0.6) is 0 Å². The van der Waals surface area contributed by atoms with Crippen molar-refractivity contribution in [3.05, 3.63) is 12.4 Å². The zero-order valence-electron chi connectivity index (χ0n) is 12.3. The van der Waals surface area contributed by atoms with Crippen LogP contribution in [0.25, 0.3) is 0 Å². The summed E-state index contributed by atoms with van der Waals surface area (Å²) in [5.74, 6) is -3.31. The number of halogens is 3. The second kappa shape index (κ2) is 5.86. The number of nitrogens with one attached hydrogen (secondary N) is 1. The molecule has 0 unspecified atom stereocenters. The summed E-state index contributed by atoms with van der Waals surface area (Å²) < 4.78 is 39.1. The molecular weight excluding hydrogens is 313 g/mol. The highest BCUT2D eigenvalue weighted by Crippen LogP contribution is 2.39. The molecule has 0 spiro atoms. The first-order valence-corrected chi connectivity index (χ1v) is 7.45. The van der Waals surface area contributed by atoms with Gasteiger partial charge >= 0.3 is 12.1 Å². The van der Waals surface area contributed by atoms with Crippen molar-refractivity contribution in [1.82, 2.24) is 9.97 Å². The average Bonchev–Trinajstić information content (AvgIpc) is 3.19. The largest absolute Gasteiger partial charge is 0.481 e. The molecule has 0 bridgehead atoms. The Kier molecular flexibility index (Phi) is 4.03. The van der Waals surface area contributed by atoms with Crippen LogP contribution in [-0.4, -0.2) is 46.9 Å². The lowest BCUT2D eigenvalue weighted by atomic mass is 9.96. The lowest BCUT2D eigenvalue weighted by molar-refractivity contribution is -0.187. The van der Waals surface area contributed by atoms with Gasteiger partial charge in [0.15, 0.2) is 0 Å². The van der Waals surface area contributed by atoms with Gasteiger partial charge in [0.1, 0.15) is 18.0 Å². The Hall–Kier alpha value is -2.06. The predicted molar refractivity (Wildman–Crippen MR) is 76.1 cm³/mol. The summed E-state index contributed by atoms with van der Waals surface area (Å²) >= 11 is 0. The number of aliphatic carboxylic acids is 1. The highest BCUT2D eigenvalue weighted by Gasteiger charge is 2.52. The summed E-state index contributed by atoms with van der Waals surface area (Å²) in [6.07, 6.45) is -0.922. The highest BCUT2D eigenvalue weighted by atomic mass is 19.4. The lowest BCUT2D eigenvalue weighted by Crippen LogP contribution is -2.33. The molecule has 2 heterocycles. The van der Waals surface area contributed by atoms with Gasteiger partial charge < -0.3 is 15.3 Å². The molecule has 2 N–H and O–H groups in total. The Morgan fingerprint density at radius 2 is 2.09 bits per heavy atom. The van der Waals surface area contributed by atoms with Gasteiger partial charge in [-0.25, -0.2) is 9.97 Å². The van der Waals surface area contributed by atoms with Crippen molar-refractivity contribution in [3.8, 4) is 0 Å². The van der Waals surface area contributed by atoms with Gasteiger partial charge in [-0.3, -0.25) is 4.79 Å². The van der Waals surface area contributed by atoms with Crippen LogP contribution in [0.15, 0.2) is 12.4 Å². The molecule has 1 aromatic heterocycles. The number of rotatable bonds is 5. The summed E-state index contributed by atoms with van der Waals surface area (Å²) in [5.41, 5.74) is 0. The summed E-state index contributed by atoms with van der Waals surface area (Å²) in [5, 5.41) is 12.2. The molecule has 1 aromatic rings. The van der Waals surface area contributed by atoms with Crippen molar-refractivity contribution in [2.45, 2.75) is 19.0 Å². The number of aromatic nitrogens is 2. The standard InChI is InChI=1S/C14H17F3N4O2/c15-14(16,17)10-6-21(5-9(10)13(22)23)12-3-11(19-7-20-12)18-4-8-1-2-8/h3,7-10H,1-2,4-6H2,(H,22,23)(H,18,19,20)/t9-,10-/m1/s1. The van der Waals surface area contributed by atoms with Crippen LogP contribution in [0.2, 0.25) is 0 Å². The number of carbonyl (C=O) groups is 1. The van der Waals surface area contributed by atoms with Crippen LogP contribution in [0.3, 0.4) is 0 Å². The van der Waals surface area contributed by atoms with Crippen LogP contribution in [-0.2, 0) is 4.79 Å². The lowest BCUT2D eigenvalue weighted by Gasteiger charge is -2.19. The Balaban J connectivity index is 1.73. The highest BCUT2D eigenvalue weighted by molar-refractivity contribution is 5.72. The smallest absolute Gasteiger partial charge is 0.394 e. The van der Waals surface area contributed by atoms with Crippen molar-refractivity contribution in [3.63, 3.8) is 0 Å². The van der Waals surface area contributed by atoms with Crippen LogP contribution >= 0.6 is 0 Å². The third-order valence-electron chi connectivity index (χ3n) is 4.30. The molecule has 2 atom stereocenters. The second-order valence-electron chi connectivity index (χ2n) is 6.08. The van der Waals surface area contributed by atoms with Crippen LogP contribution in [0.4, 0.5) is 24.8 Å². The molecular formula is C14H17F3N4O2. The van der Waals surface area contributed by atoms with Crippen molar-refractivity contribution >= 4 is 17.6 Å². The van der Waals surface area contributed by atoms with E-state index in [-0.39, 0.29) is 6.54 Å². The normalized spacial score (nSPS) is 24.7. The zero-order valence-corrected chi connectivity index (χ0v) is 12.3. The van der Waals surface area contributed by atoms with E-state index in [0.717, 1.165) is 6.54 Å². The first kappa shape index (κ1) is 15.8. The fourth-order valence-electron chi connectivity index (χ4n) is 2.76. The Morgan fingerprint density at radius 1 is 1.35 bits per heavy atom. The van der Waals surface area contributed by atoms with Crippen molar-refractivity contribution in [2.24, 2.45) is 17.8 Å². The van der Waals surface area contributed by atoms with Gasteiger partial charge in [-0.2, -0.15) is 13.2 Å². The molecule has 0 aromatic carbocycles. The molecule has 2 aliphatic rings. The summed E-state index contributed by atoms with van der Waals surface area (Å²) in [6.45, 7) is 0.164. The Bertz CT molecular complexity index is 592. The van der Waals surface area contributed by atoms with Crippen molar-refractivity contribution in [1.29, 1.82) is 0 Å². The van der Waals surface area contributed by atoms with E-state index in [2.05, 4.69) is 15.3 Å². The molecule has 23 heavy (non-hydrogen) atoms. The van der Waals surface area contributed by atoms with Crippen LogP contribution in [0, 0.1) is 17.8 Å². The monoisotopic (exact) mass is 330 g/mol. The molecule has 1 saturated carbocycles. The molecule has 6 nitrogen and oxygen atoms in total. The van der Waals surface area contributed by atoms with Gasteiger partial charge in [-0.15, -0.1) is 0 Å². The summed E-state index contributed by atoms with van der Waals surface area (Å²) in [4.78, 5) is 20.5. The Labute approximate surface area is 130 Å². The van der Waals surface area contributed by atoms with Gasteiger partial charge in [0.05, 0.1) is 11.8 Å². The second-order valence-corrected chi connectivity index (χ2v) is 6.08. The van der Waals surface area contributed by atoms with Gasteiger partial charge in [0.25, 0.3) is 0 Å². The average molecular weight is 330 g/mol. The summed E-state index contributed by atoms with van der Waals surface area (Å²) in [7, 11) is 0. The minimum Gasteiger partial charge on any atom is -0.481 e. The third kappa shape index (κ3) is 3.65. The molecule has 9 heteroatoms. The maximum absolute atomic E-state index is 13.0. The molecule has 0 amide bonds. The van der Waals surface area contributed by atoms with Gasteiger partial charge in [-0.1, -0.05) is 0 Å². The van der Waals surface area contributed by atoms with E-state index in [1.807, 2.05) is 0 Å². The van der Waals surface area contributed by atoms with E-state index in [1.165, 1.54) is 24.1 Å². The molecule has 126 valence electrons. The first-order chi connectivity index (χ1) is 10.8. The van der Waals surface area contributed by atoms with E-state index in [9.17, 15) is 18.0 Å². The molecule has 1 aliphatic heterocycles. The van der Waals surface area contributed by atoms with Crippen molar-refractivity contribution < 1.29 is 23.1 Å².